The maximum Gasteiger partial charge on any atom is 0.326 e. The predicted molar refractivity (Wildman–Crippen MR) is 80.5 cm³/mol. The van der Waals surface area contributed by atoms with Gasteiger partial charge in [-0.25, -0.2) is 9.78 Å². The monoisotopic (exact) mass is 343 g/mol. The summed E-state index contributed by atoms with van der Waals surface area (Å²) >= 11 is 1.28. The highest BCUT2D eigenvalue weighted by molar-refractivity contribution is 7.09. The van der Waals surface area contributed by atoms with Crippen LogP contribution in [0.4, 0.5) is 0 Å². The van der Waals surface area contributed by atoms with Gasteiger partial charge in [-0.3, -0.25) is 4.79 Å². The fourth-order valence-corrected chi connectivity index (χ4v) is 2.70. The minimum absolute atomic E-state index is 0.169. The van der Waals surface area contributed by atoms with Crippen LogP contribution in [0.15, 0.2) is 5.38 Å². The first-order valence-electron chi connectivity index (χ1n) is 7.24. The van der Waals surface area contributed by atoms with Gasteiger partial charge in [0.2, 0.25) is 0 Å². The van der Waals surface area contributed by atoms with E-state index in [1.54, 1.807) is 19.2 Å². The first kappa shape index (κ1) is 19.0. The Balaban J connectivity index is 2.56. The molecule has 0 bridgehead atoms. The zero-order valence-electron chi connectivity index (χ0n) is 13.1. The average molecular weight is 343 g/mol. The molecule has 1 rings (SSSR count). The number of hydrogen-bond acceptors (Lipinski definition) is 6. The number of carboxylic acid groups (broad SMARTS) is 2. The Hall–Kier alpha value is -2.00. The number of nitrogens with one attached hydrogen (secondary N) is 1. The number of hydrogen-bond donors (Lipinski definition) is 3. The number of rotatable bonds is 9. The van der Waals surface area contributed by atoms with Gasteiger partial charge in [-0.15, -0.1) is 11.3 Å². The van der Waals surface area contributed by atoms with Gasteiger partial charge in [-0.1, -0.05) is 13.8 Å². The third-order valence-electron chi connectivity index (χ3n) is 3.28. The molecule has 1 amide bonds. The molecule has 0 aromatic carbocycles. The van der Waals surface area contributed by atoms with Crippen molar-refractivity contribution in [1.29, 1.82) is 0 Å². The fraction of sp³-hybridized carbons (Fsp3) is 0.571. The molecule has 0 unspecified atom stereocenters. The van der Waals surface area contributed by atoms with E-state index in [1.807, 2.05) is 0 Å². The summed E-state index contributed by atoms with van der Waals surface area (Å²) in [5.41, 5.74) is 3.64. The van der Waals surface area contributed by atoms with Crippen molar-refractivity contribution in [2.24, 2.45) is 5.92 Å². The van der Waals surface area contributed by atoms with E-state index in [9.17, 15) is 19.5 Å². The van der Waals surface area contributed by atoms with E-state index in [0.29, 0.717) is 24.3 Å². The lowest BCUT2D eigenvalue weighted by molar-refractivity contribution is -0.438. The van der Waals surface area contributed by atoms with Crippen LogP contribution < -0.4 is 16.2 Å². The molecule has 5 N–H and O–H groups in total. The molecule has 0 aliphatic carbocycles. The number of carboxylic acids is 2. The Morgan fingerprint density at radius 1 is 1.43 bits per heavy atom. The summed E-state index contributed by atoms with van der Waals surface area (Å²) in [6, 6.07) is -1.73. The molecule has 0 spiro atoms. The molecular formula is C14H21N3O5S. The van der Waals surface area contributed by atoms with Crippen molar-refractivity contribution in [1.82, 2.24) is 10.3 Å². The molecule has 1 heterocycles. The molecule has 23 heavy (non-hydrogen) atoms. The van der Waals surface area contributed by atoms with E-state index in [0.717, 1.165) is 0 Å². The normalized spacial score (nSPS) is 13.6. The number of quaternary nitrogens is 1. The van der Waals surface area contributed by atoms with Crippen molar-refractivity contribution in [3.05, 3.63) is 16.1 Å². The minimum Gasteiger partial charge on any atom is -0.544 e. The third-order valence-corrected chi connectivity index (χ3v) is 4.19. The molecule has 0 saturated carbocycles. The smallest absolute Gasteiger partial charge is 0.326 e. The van der Waals surface area contributed by atoms with Crippen LogP contribution in [0.2, 0.25) is 0 Å². The molecule has 0 saturated heterocycles. The highest BCUT2D eigenvalue weighted by Crippen LogP contribution is 2.14. The number of nitrogens with zero attached hydrogens (tertiary/aromatic N) is 1. The van der Waals surface area contributed by atoms with Crippen LogP contribution in [-0.4, -0.2) is 40.0 Å². The summed E-state index contributed by atoms with van der Waals surface area (Å²) in [4.78, 5) is 37.8. The quantitative estimate of drug-likeness (QED) is 0.506. The first-order chi connectivity index (χ1) is 10.7. The Kier molecular flexibility index (Phi) is 7.11. The SMILES string of the molecule is CC(C)[C@@H](NC(=O)c1csc(CCC[C@H]([NH3+])C(=O)[O-])n1)C(=O)O. The number of aromatic nitrogens is 1. The summed E-state index contributed by atoms with van der Waals surface area (Å²) in [5.74, 6) is -3.04. The van der Waals surface area contributed by atoms with Crippen molar-refractivity contribution in [3.63, 3.8) is 0 Å². The Morgan fingerprint density at radius 3 is 2.61 bits per heavy atom. The van der Waals surface area contributed by atoms with Gasteiger partial charge in [-0.2, -0.15) is 0 Å². The number of carbonyl (C=O) groups is 3. The standard InChI is InChI=1S/C14H21N3O5S/c1-7(2)11(14(21)22)17-12(18)9-6-23-10(16-9)5-3-4-8(15)13(19)20/h6-8,11H,3-5,15H2,1-2H3,(H,17,18)(H,19,20)(H,21,22)/t8-,11+/m0/s1. The van der Waals surface area contributed by atoms with Gasteiger partial charge >= 0.3 is 5.97 Å². The van der Waals surface area contributed by atoms with E-state index >= 15 is 0 Å². The van der Waals surface area contributed by atoms with Gasteiger partial charge in [0, 0.05) is 11.8 Å². The van der Waals surface area contributed by atoms with Gasteiger partial charge in [0.15, 0.2) is 0 Å². The second-order valence-electron chi connectivity index (χ2n) is 5.57. The largest absolute Gasteiger partial charge is 0.544 e. The van der Waals surface area contributed by atoms with Gasteiger partial charge in [-0.05, 0) is 18.8 Å². The fourth-order valence-electron chi connectivity index (χ4n) is 1.88. The van der Waals surface area contributed by atoms with Crippen molar-refractivity contribution < 1.29 is 30.3 Å². The summed E-state index contributed by atoms with van der Waals surface area (Å²) < 4.78 is 0. The van der Waals surface area contributed by atoms with Gasteiger partial charge in [0.1, 0.15) is 17.8 Å². The van der Waals surface area contributed by atoms with Crippen LogP contribution in [0.5, 0.6) is 0 Å². The van der Waals surface area contributed by atoms with Gasteiger partial charge in [0.25, 0.3) is 5.91 Å². The van der Waals surface area contributed by atoms with Gasteiger partial charge < -0.3 is 26.1 Å². The number of aliphatic carboxylic acids is 2. The van der Waals surface area contributed by atoms with Crippen molar-refractivity contribution in [2.45, 2.75) is 45.2 Å². The topological polar surface area (TPSA) is 147 Å². The Morgan fingerprint density at radius 2 is 2.09 bits per heavy atom. The van der Waals surface area contributed by atoms with Crippen LogP contribution in [0.25, 0.3) is 0 Å². The number of thiazole rings is 1. The lowest BCUT2D eigenvalue weighted by atomic mass is 10.0. The van der Waals surface area contributed by atoms with E-state index in [2.05, 4.69) is 16.0 Å². The highest BCUT2D eigenvalue weighted by Gasteiger charge is 2.24. The zero-order chi connectivity index (χ0) is 17.6. The van der Waals surface area contributed by atoms with Crippen LogP contribution >= 0.6 is 11.3 Å². The highest BCUT2D eigenvalue weighted by atomic mass is 32.1. The maximum absolute atomic E-state index is 12.0. The first-order valence-corrected chi connectivity index (χ1v) is 8.12. The van der Waals surface area contributed by atoms with Crippen LogP contribution in [0, 0.1) is 5.92 Å². The molecule has 0 radical (unpaired) electrons. The third kappa shape index (κ3) is 5.95. The zero-order valence-corrected chi connectivity index (χ0v) is 13.9. The second kappa shape index (κ2) is 8.59. The summed E-state index contributed by atoms with van der Waals surface area (Å²) in [6.45, 7) is 3.41. The lowest BCUT2D eigenvalue weighted by Crippen LogP contribution is -2.68. The van der Waals surface area contributed by atoms with E-state index in [1.165, 1.54) is 11.3 Å². The van der Waals surface area contributed by atoms with Crippen LogP contribution in [-0.2, 0) is 16.0 Å². The Bertz CT molecular complexity index is 573. The van der Waals surface area contributed by atoms with Crippen LogP contribution in [0.3, 0.4) is 0 Å². The summed E-state index contributed by atoms with van der Waals surface area (Å²) in [7, 11) is 0. The molecule has 1 aromatic rings. The molecule has 0 fully saturated rings. The van der Waals surface area contributed by atoms with Crippen molar-refractivity contribution in [3.8, 4) is 0 Å². The van der Waals surface area contributed by atoms with Crippen molar-refractivity contribution >= 4 is 29.2 Å². The Labute approximate surface area is 137 Å². The molecule has 0 aliphatic heterocycles. The lowest BCUT2D eigenvalue weighted by Gasteiger charge is -2.16. The van der Waals surface area contributed by atoms with Crippen molar-refractivity contribution in [2.75, 3.05) is 0 Å². The number of carbonyl (C=O) groups excluding carboxylic acids is 2. The molecule has 1 aromatic heterocycles. The number of amides is 1. The van der Waals surface area contributed by atoms with Gasteiger partial charge in [0.05, 0.1) is 11.0 Å². The molecular weight excluding hydrogens is 322 g/mol. The molecule has 128 valence electrons. The second-order valence-corrected chi connectivity index (χ2v) is 6.51. The summed E-state index contributed by atoms with van der Waals surface area (Å²) in [5, 5.41) is 24.3. The van der Waals surface area contributed by atoms with E-state index in [4.69, 9.17) is 5.11 Å². The molecule has 9 heteroatoms. The predicted octanol–water partition coefficient (Wildman–Crippen LogP) is -1.33. The van der Waals surface area contributed by atoms with E-state index in [-0.39, 0.29) is 11.6 Å². The average Bonchev–Trinajstić information content (AvgIpc) is 2.92. The maximum atomic E-state index is 12.0. The number of aryl methyl sites for hydroxylation is 1. The molecule has 0 aliphatic rings. The van der Waals surface area contributed by atoms with E-state index < -0.39 is 29.9 Å². The molecule has 2 atom stereocenters. The summed E-state index contributed by atoms with van der Waals surface area (Å²) in [6.07, 6.45) is 1.47. The minimum atomic E-state index is -1.18. The molecule has 8 nitrogen and oxygen atoms in total. The van der Waals surface area contributed by atoms with Crippen LogP contribution in [0.1, 0.15) is 42.2 Å².